The summed E-state index contributed by atoms with van der Waals surface area (Å²) in [6.45, 7) is 2.90. The Labute approximate surface area is 254 Å². The molecule has 0 spiro atoms. The van der Waals surface area contributed by atoms with Crippen molar-refractivity contribution < 1.29 is 17.6 Å². The molecule has 0 radical (unpaired) electrons. The first-order valence-electron chi connectivity index (χ1n) is 13.3. The van der Waals surface area contributed by atoms with Gasteiger partial charge in [-0.2, -0.15) is 5.10 Å². The van der Waals surface area contributed by atoms with E-state index in [2.05, 4.69) is 15.3 Å². The number of rotatable bonds is 10. The van der Waals surface area contributed by atoms with Gasteiger partial charge in [-0.15, -0.1) is 0 Å². The van der Waals surface area contributed by atoms with Gasteiger partial charge in [-0.05, 0) is 66.6 Å². The van der Waals surface area contributed by atoms with E-state index in [-0.39, 0.29) is 29.9 Å². The van der Waals surface area contributed by atoms with Crippen molar-refractivity contribution in [3.63, 3.8) is 0 Å². The minimum absolute atomic E-state index is 0.0303. The van der Waals surface area contributed by atoms with Gasteiger partial charge in [0.25, 0.3) is 5.91 Å². The number of aromatic nitrogens is 2. The summed E-state index contributed by atoms with van der Waals surface area (Å²) >= 11 is 12.3. The van der Waals surface area contributed by atoms with Gasteiger partial charge in [0.2, 0.25) is 10.0 Å². The van der Waals surface area contributed by atoms with Gasteiger partial charge >= 0.3 is 0 Å². The molecule has 1 atom stereocenters. The van der Waals surface area contributed by atoms with E-state index in [9.17, 15) is 17.6 Å². The van der Waals surface area contributed by atoms with Gasteiger partial charge < -0.3 is 5.32 Å². The highest BCUT2D eigenvalue weighted by molar-refractivity contribution is 7.92. The van der Waals surface area contributed by atoms with Crippen LogP contribution in [0.5, 0.6) is 0 Å². The summed E-state index contributed by atoms with van der Waals surface area (Å²) in [5, 5.41) is 8.17. The minimum Gasteiger partial charge on any atom is -0.350 e. The van der Waals surface area contributed by atoms with Crippen LogP contribution >= 0.6 is 23.2 Å². The van der Waals surface area contributed by atoms with Crippen LogP contribution < -0.4 is 9.62 Å². The molecule has 1 fully saturated rings. The van der Waals surface area contributed by atoms with Gasteiger partial charge in [-0.1, -0.05) is 47.5 Å². The lowest BCUT2D eigenvalue weighted by Crippen LogP contribution is -2.61. The number of benzene rings is 3. The van der Waals surface area contributed by atoms with Gasteiger partial charge in [0.15, 0.2) is 0 Å². The van der Waals surface area contributed by atoms with E-state index < -0.39 is 27.8 Å². The number of nitrogens with one attached hydrogen (secondary N) is 1. The van der Waals surface area contributed by atoms with Gasteiger partial charge in [0.05, 0.1) is 30.1 Å². The maximum Gasteiger partial charge on any atom is 0.251 e. The first-order valence-corrected chi connectivity index (χ1v) is 15.9. The highest BCUT2D eigenvalue weighted by Crippen LogP contribution is 2.37. The van der Waals surface area contributed by atoms with Crippen molar-refractivity contribution in [2.45, 2.75) is 25.0 Å². The van der Waals surface area contributed by atoms with E-state index in [1.165, 1.54) is 10.4 Å². The van der Waals surface area contributed by atoms with Crippen molar-refractivity contribution >= 4 is 44.8 Å². The lowest BCUT2D eigenvalue weighted by Gasteiger charge is -2.48. The average molecular weight is 631 g/mol. The molecule has 0 bridgehead atoms. The number of halogens is 3. The fourth-order valence-electron chi connectivity index (χ4n) is 5.23. The second kappa shape index (κ2) is 12.4. The summed E-state index contributed by atoms with van der Waals surface area (Å²) in [6, 6.07) is 19.7. The van der Waals surface area contributed by atoms with Crippen LogP contribution in [0.3, 0.4) is 0 Å². The summed E-state index contributed by atoms with van der Waals surface area (Å²) < 4.78 is 43.8. The number of carbonyl (C=O) groups is 1. The van der Waals surface area contributed by atoms with Crippen LogP contribution in [0, 0.1) is 5.82 Å². The number of amides is 1. The smallest absolute Gasteiger partial charge is 0.251 e. The van der Waals surface area contributed by atoms with Crippen molar-refractivity contribution in [1.29, 1.82) is 0 Å². The fraction of sp³-hybridized carbons (Fsp3) is 0.267. The zero-order chi connectivity index (χ0) is 30.0. The molecule has 2 heterocycles. The maximum absolute atomic E-state index is 14.8. The predicted molar refractivity (Wildman–Crippen MR) is 163 cm³/mol. The highest BCUT2D eigenvalue weighted by Gasteiger charge is 2.41. The lowest BCUT2D eigenvalue weighted by molar-refractivity contribution is 0.0947. The molecule has 1 N–H and O–H groups in total. The van der Waals surface area contributed by atoms with E-state index in [0.717, 1.165) is 29.5 Å². The van der Waals surface area contributed by atoms with Crippen molar-refractivity contribution in [1.82, 2.24) is 20.0 Å². The third-order valence-electron chi connectivity index (χ3n) is 7.25. The molecule has 8 nitrogen and oxygen atoms in total. The standard InChI is InChI=1S/C30H30Cl2FN5O3S/c1-20(37-13-3-12-35-37)17-34-30(39)23-14-26(33)16-27(15-23)38(42(2,40)41)28-18-36(19-28)29(21-4-8-24(31)9-5-21)22-6-10-25(32)11-7-22/h3-16,20,28-29H,17-19H2,1-2H3,(H,34,39). The Kier molecular flexibility index (Phi) is 8.89. The van der Waals surface area contributed by atoms with E-state index in [1.54, 1.807) is 23.1 Å². The Morgan fingerprint density at radius 3 is 2.17 bits per heavy atom. The molecular formula is C30H30Cl2FN5O3S. The number of hydrogen-bond donors (Lipinski definition) is 1. The molecule has 0 saturated carbocycles. The molecule has 1 aromatic heterocycles. The Hall–Kier alpha value is -3.44. The largest absolute Gasteiger partial charge is 0.350 e. The van der Waals surface area contributed by atoms with Crippen LogP contribution in [0.25, 0.3) is 0 Å². The predicted octanol–water partition coefficient (Wildman–Crippen LogP) is 5.56. The van der Waals surface area contributed by atoms with E-state index in [4.69, 9.17) is 23.2 Å². The third-order valence-corrected chi connectivity index (χ3v) is 8.98. The zero-order valence-electron chi connectivity index (χ0n) is 23.0. The molecule has 1 aliphatic rings. The summed E-state index contributed by atoms with van der Waals surface area (Å²) in [4.78, 5) is 15.1. The molecule has 12 heteroatoms. The lowest BCUT2D eigenvalue weighted by atomic mass is 9.93. The molecule has 1 unspecified atom stereocenters. The van der Waals surface area contributed by atoms with Crippen LogP contribution in [0.1, 0.15) is 40.5 Å². The third kappa shape index (κ3) is 6.78. The van der Waals surface area contributed by atoms with Crippen LogP contribution in [-0.4, -0.2) is 60.9 Å². The molecule has 220 valence electrons. The second-order valence-corrected chi connectivity index (χ2v) is 13.1. The molecule has 4 aromatic rings. The van der Waals surface area contributed by atoms with Crippen molar-refractivity contribution in [2.75, 3.05) is 30.2 Å². The van der Waals surface area contributed by atoms with Crippen molar-refractivity contribution in [3.8, 4) is 0 Å². The highest BCUT2D eigenvalue weighted by atomic mass is 35.5. The van der Waals surface area contributed by atoms with E-state index in [1.807, 2.05) is 55.5 Å². The number of sulfonamides is 1. The van der Waals surface area contributed by atoms with Gasteiger partial charge in [0.1, 0.15) is 5.82 Å². The van der Waals surface area contributed by atoms with Crippen molar-refractivity contribution in [3.05, 3.63) is 118 Å². The molecule has 1 amide bonds. The quantitative estimate of drug-likeness (QED) is 0.248. The average Bonchev–Trinajstić information content (AvgIpc) is 3.46. The molecular weight excluding hydrogens is 600 g/mol. The minimum atomic E-state index is -3.82. The first kappa shape index (κ1) is 30.0. The van der Waals surface area contributed by atoms with Gasteiger partial charge in [-0.25, -0.2) is 12.8 Å². The second-order valence-electron chi connectivity index (χ2n) is 10.4. The summed E-state index contributed by atoms with van der Waals surface area (Å²) in [7, 11) is -3.82. The van der Waals surface area contributed by atoms with Crippen LogP contribution in [0.4, 0.5) is 10.1 Å². The summed E-state index contributed by atoms with van der Waals surface area (Å²) in [6.07, 6.45) is 4.51. The molecule has 1 saturated heterocycles. The topological polar surface area (TPSA) is 87.5 Å². The molecule has 3 aromatic carbocycles. The van der Waals surface area contributed by atoms with Gasteiger partial charge in [0, 0.05) is 47.6 Å². The number of hydrogen-bond acceptors (Lipinski definition) is 5. The zero-order valence-corrected chi connectivity index (χ0v) is 25.3. The van der Waals surface area contributed by atoms with Gasteiger partial charge in [-0.3, -0.25) is 18.7 Å². The SMILES string of the molecule is CC(CNC(=O)c1cc(F)cc(N(C2CN(C(c3ccc(Cl)cc3)c3ccc(Cl)cc3)C2)S(C)(=O)=O)c1)n1cccn1. The van der Waals surface area contributed by atoms with Crippen LogP contribution in [0.2, 0.25) is 10.0 Å². The molecule has 0 aliphatic carbocycles. The fourth-order valence-corrected chi connectivity index (χ4v) is 6.65. The van der Waals surface area contributed by atoms with Crippen LogP contribution in [0.15, 0.2) is 85.2 Å². The number of carbonyl (C=O) groups excluding carboxylic acids is 1. The normalized spacial score (nSPS) is 14.9. The first-order chi connectivity index (χ1) is 20.0. The maximum atomic E-state index is 14.8. The molecule has 1 aliphatic heterocycles. The number of anilines is 1. The Morgan fingerprint density at radius 1 is 1.05 bits per heavy atom. The molecule has 42 heavy (non-hydrogen) atoms. The number of nitrogens with zero attached hydrogens (tertiary/aromatic N) is 4. The van der Waals surface area contributed by atoms with E-state index >= 15 is 0 Å². The molecule has 5 rings (SSSR count). The Morgan fingerprint density at radius 2 is 1.64 bits per heavy atom. The Balaban J connectivity index is 1.37. The summed E-state index contributed by atoms with van der Waals surface area (Å²) in [5.41, 5.74) is 2.10. The van der Waals surface area contributed by atoms with Crippen molar-refractivity contribution in [2.24, 2.45) is 0 Å². The van der Waals surface area contributed by atoms with E-state index in [0.29, 0.717) is 23.1 Å². The van der Waals surface area contributed by atoms with Crippen LogP contribution in [-0.2, 0) is 10.0 Å². The summed E-state index contributed by atoms with van der Waals surface area (Å²) in [5.74, 6) is -1.22. The number of likely N-dealkylation sites (tertiary alicyclic amines) is 1. The monoisotopic (exact) mass is 629 g/mol. The Bertz CT molecular complexity index is 1600.